The first kappa shape index (κ1) is 18.3. The van der Waals surface area contributed by atoms with E-state index < -0.39 is 0 Å². The Morgan fingerprint density at radius 3 is 2.82 bits per heavy atom. The Morgan fingerprint density at radius 2 is 2.07 bits per heavy atom. The lowest BCUT2D eigenvalue weighted by Gasteiger charge is -2.40. The van der Waals surface area contributed by atoms with Crippen molar-refractivity contribution < 1.29 is 4.79 Å². The summed E-state index contributed by atoms with van der Waals surface area (Å²) in [7, 11) is 0. The second-order valence-corrected chi connectivity index (χ2v) is 9.90. The average Bonchev–Trinajstić information content (AvgIpc) is 3.33. The van der Waals surface area contributed by atoms with Crippen LogP contribution in [0.1, 0.15) is 60.6 Å². The van der Waals surface area contributed by atoms with Gasteiger partial charge in [-0.15, -0.1) is 11.3 Å². The highest BCUT2D eigenvalue weighted by atomic mass is 32.1. The minimum absolute atomic E-state index is 0.241. The van der Waals surface area contributed by atoms with Crippen LogP contribution in [-0.4, -0.2) is 35.4 Å². The number of carbonyl (C=O) groups is 1. The van der Waals surface area contributed by atoms with Crippen LogP contribution in [0.5, 0.6) is 0 Å². The molecule has 1 unspecified atom stereocenters. The molecule has 0 bridgehead atoms. The van der Waals surface area contributed by atoms with Gasteiger partial charge in [-0.3, -0.25) is 9.69 Å². The first-order chi connectivity index (χ1) is 13.7. The summed E-state index contributed by atoms with van der Waals surface area (Å²) in [6.07, 6.45) is 8.63. The molecule has 2 fully saturated rings. The Bertz CT molecular complexity index is 822. The Hall–Kier alpha value is -1.72. The van der Waals surface area contributed by atoms with Crippen LogP contribution in [0, 0.1) is 5.92 Å². The third-order valence-corrected chi connectivity index (χ3v) is 7.75. The summed E-state index contributed by atoms with van der Waals surface area (Å²) in [5, 5.41) is 6.45. The molecule has 3 aliphatic rings. The highest BCUT2D eigenvalue weighted by molar-refractivity contribution is 7.09. The van der Waals surface area contributed by atoms with Crippen LogP contribution in [0.25, 0.3) is 0 Å². The monoisotopic (exact) mass is 395 g/mol. The largest absolute Gasteiger partial charge is 0.356 e. The zero-order valence-electron chi connectivity index (χ0n) is 16.4. The number of rotatable bonds is 6. The van der Waals surface area contributed by atoms with Crippen molar-refractivity contribution in [2.45, 2.75) is 56.4 Å². The number of thiazole rings is 1. The third-order valence-electron chi connectivity index (χ3n) is 6.98. The first-order valence-electron chi connectivity index (χ1n) is 10.7. The van der Waals surface area contributed by atoms with E-state index in [0.717, 1.165) is 38.5 Å². The van der Waals surface area contributed by atoms with Gasteiger partial charge in [-0.1, -0.05) is 24.3 Å². The quantitative estimate of drug-likeness (QED) is 0.802. The molecule has 5 rings (SSSR count). The highest BCUT2D eigenvalue weighted by Crippen LogP contribution is 2.52. The number of carbonyl (C=O) groups excluding carboxylic acids is 1. The van der Waals surface area contributed by atoms with Gasteiger partial charge in [-0.05, 0) is 73.6 Å². The second kappa shape index (κ2) is 7.60. The maximum Gasteiger partial charge on any atom is 0.220 e. The minimum Gasteiger partial charge on any atom is -0.356 e. The van der Waals surface area contributed by atoms with Crippen molar-refractivity contribution in [1.82, 2.24) is 15.2 Å². The number of nitrogens with zero attached hydrogens (tertiary/aromatic N) is 2. The molecule has 1 saturated heterocycles. The summed E-state index contributed by atoms with van der Waals surface area (Å²) in [5.41, 5.74) is 3.21. The Labute approximate surface area is 171 Å². The van der Waals surface area contributed by atoms with Gasteiger partial charge in [0.1, 0.15) is 5.01 Å². The van der Waals surface area contributed by atoms with Gasteiger partial charge >= 0.3 is 0 Å². The van der Waals surface area contributed by atoms with Crippen molar-refractivity contribution in [2.75, 3.05) is 19.6 Å². The molecule has 1 amide bonds. The van der Waals surface area contributed by atoms with Crippen LogP contribution >= 0.6 is 11.3 Å². The Morgan fingerprint density at radius 1 is 1.25 bits per heavy atom. The molecule has 1 atom stereocenters. The van der Waals surface area contributed by atoms with E-state index in [0.29, 0.717) is 12.3 Å². The van der Waals surface area contributed by atoms with E-state index in [1.165, 1.54) is 41.8 Å². The zero-order chi connectivity index (χ0) is 19.0. The molecule has 2 heterocycles. The van der Waals surface area contributed by atoms with Crippen molar-refractivity contribution in [3.8, 4) is 0 Å². The predicted octanol–water partition coefficient (Wildman–Crippen LogP) is 4.08. The lowest BCUT2D eigenvalue weighted by atomic mass is 9.73. The van der Waals surface area contributed by atoms with E-state index >= 15 is 0 Å². The van der Waals surface area contributed by atoms with Gasteiger partial charge in [0.25, 0.3) is 0 Å². The number of aromatic nitrogens is 1. The Balaban J connectivity index is 1.26. The molecule has 1 N–H and O–H groups in total. The summed E-state index contributed by atoms with van der Waals surface area (Å²) in [6, 6.07) is 8.92. The lowest BCUT2D eigenvalue weighted by Crippen LogP contribution is -2.41. The predicted molar refractivity (Wildman–Crippen MR) is 112 cm³/mol. The number of nitrogens with one attached hydrogen (secondary N) is 1. The average molecular weight is 396 g/mol. The van der Waals surface area contributed by atoms with E-state index in [-0.39, 0.29) is 11.3 Å². The molecule has 1 spiro atoms. The molecule has 1 aromatic heterocycles. The highest BCUT2D eigenvalue weighted by Gasteiger charge is 2.45. The SMILES string of the molecule is O=C(CC1CC2(CCN(Cc3nccs3)CC2)c2ccccc21)NCC1CC1. The van der Waals surface area contributed by atoms with E-state index in [1.807, 2.05) is 6.20 Å². The number of amides is 1. The van der Waals surface area contributed by atoms with Crippen LogP contribution < -0.4 is 5.32 Å². The zero-order valence-corrected chi connectivity index (χ0v) is 17.2. The van der Waals surface area contributed by atoms with Gasteiger partial charge in [0.05, 0.1) is 6.54 Å². The number of piperidine rings is 1. The normalized spacial score (nSPS) is 23.6. The van der Waals surface area contributed by atoms with Gasteiger partial charge in [-0.2, -0.15) is 0 Å². The maximum atomic E-state index is 12.5. The van der Waals surface area contributed by atoms with Crippen molar-refractivity contribution in [3.05, 3.63) is 52.0 Å². The van der Waals surface area contributed by atoms with Crippen LogP contribution in [-0.2, 0) is 16.8 Å². The number of likely N-dealkylation sites (tertiary alicyclic amines) is 1. The molecule has 1 aromatic carbocycles. The molecule has 5 heteroatoms. The molecule has 148 valence electrons. The summed E-state index contributed by atoms with van der Waals surface area (Å²) in [5.74, 6) is 1.36. The standard InChI is InChI=1S/C23H29N3OS/c27-21(25-15-17-5-6-17)13-18-14-23(20-4-2-1-3-19(18)20)7-10-26(11-8-23)16-22-24-9-12-28-22/h1-4,9,12,17-18H,5-8,10-11,13-16H2,(H,25,27). The van der Waals surface area contributed by atoms with Gasteiger partial charge in [0.2, 0.25) is 5.91 Å². The summed E-state index contributed by atoms with van der Waals surface area (Å²) in [4.78, 5) is 19.5. The van der Waals surface area contributed by atoms with E-state index in [2.05, 4.69) is 44.8 Å². The van der Waals surface area contributed by atoms with Crippen molar-refractivity contribution in [2.24, 2.45) is 5.92 Å². The van der Waals surface area contributed by atoms with Crippen LogP contribution in [0.2, 0.25) is 0 Å². The molecule has 1 aliphatic heterocycles. The van der Waals surface area contributed by atoms with Crippen molar-refractivity contribution >= 4 is 17.2 Å². The van der Waals surface area contributed by atoms with Crippen molar-refractivity contribution in [1.29, 1.82) is 0 Å². The van der Waals surface area contributed by atoms with Gasteiger partial charge < -0.3 is 5.32 Å². The molecular weight excluding hydrogens is 366 g/mol. The summed E-state index contributed by atoms with van der Waals surface area (Å²) >= 11 is 1.75. The minimum atomic E-state index is 0.241. The smallest absolute Gasteiger partial charge is 0.220 e. The lowest BCUT2D eigenvalue weighted by molar-refractivity contribution is -0.121. The molecule has 0 radical (unpaired) electrons. The van der Waals surface area contributed by atoms with Crippen LogP contribution in [0.15, 0.2) is 35.8 Å². The molecule has 28 heavy (non-hydrogen) atoms. The molecule has 1 saturated carbocycles. The maximum absolute atomic E-state index is 12.5. The van der Waals surface area contributed by atoms with Gasteiger partial charge in [0, 0.05) is 24.5 Å². The summed E-state index contributed by atoms with van der Waals surface area (Å²) in [6.45, 7) is 4.09. The fourth-order valence-electron chi connectivity index (χ4n) is 5.22. The number of hydrogen-bond acceptors (Lipinski definition) is 4. The number of fused-ring (bicyclic) bond motifs is 2. The molecule has 2 aromatic rings. The molecule has 4 nitrogen and oxygen atoms in total. The number of benzene rings is 1. The molecule has 2 aliphatic carbocycles. The Kier molecular flexibility index (Phi) is 4.97. The third kappa shape index (κ3) is 3.74. The van der Waals surface area contributed by atoms with Crippen LogP contribution in [0.4, 0.5) is 0 Å². The summed E-state index contributed by atoms with van der Waals surface area (Å²) < 4.78 is 0. The second-order valence-electron chi connectivity index (χ2n) is 8.92. The van der Waals surface area contributed by atoms with Gasteiger partial charge in [-0.25, -0.2) is 4.98 Å². The number of hydrogen-bond donors (Lipinski definition) is 1. The van der Waals surface area contributed by atoms with E-state index in [4.69, 9.17) is 0 Å². The van der Waals surface area contributed by atoms with Gasteiger partial charge in [0.15, 0.2) is 0 Å². The topological polar surface area (TPSA) is 45.2 Å². The van der Waals surface area contributed by atoms with Crippen LogP contribution in [0.3, 0.4) is 0 Å². The first-order valence-corrected chi connectivity index (χ1v) is 11.6. The fraction of sp³-hybridized carbons (Fsp3) is 0.565. The van der Waals surface area contributed by atoms with Crippen molar-refractivity contribution in [3.63, 3.8) is 0 Å². The van der Waals surface area contributed by atoms with E-state index in [1.54, 1.807) is 11.3 Å². The van der Waals surface area contributed by atoms with E-state index in [9.17, 15) is 4.79 Å². The molecular formula is C23H29N3OS. The fourth-order valence-corrected chi connectivity index (χ4v) is 5.88.